The van der Waals surface area contributed by atoms with Crippen molar-refractivity contribution < 1.29 is 34.8 Å². The molecule has 1 aliphatic heterocycles. The van der Waals surface area contributed by atoms with Crippen LogP contribution in [0.3, 0.4) is 0 Å². The fraction of sp³-hybridized carbons (Fsp3) is 0.500. The van der Waals surface area contributed by atoms with Crippen molar-refractivity contribution >= 4 is 28.9 Å². The molecule has 1 aromatic carbocycles. The summed E-state index contributed by atoms with van der Waals surface area (Å²) in [4.78, 5) is 40.5. The van der Waals surface area contributed by atoms with Crippen molar-refractivity contribution in [1.29, 1.82) is 0 Å². The van der Waals surface area contributed by atoms with Crippen molar-refractivity contribution in [2.75, 3.05) is 32.5 Å². The lowest BCUT2D eigenvalue weighted by Crippen LogP contribution is -2.65. The molecular weight excluding hydrogens is 480 g/mol. The Labute approximate surface area is 213 Å². The average molecular weight is 513 g/mol. The van der Waals surface area contributed by atoms with Gasteiger partial charge in [-0.1, -0.05) is 6.07 Å². The highest BCUT2D eigenvalue weighted by Gasteiger charge is 2.64. The summed E-state index contributed by atoms with van der Waals surface area (Å²) in [7, 11) is 3.14. The van der Waals surface area contributed by atoms with Crippen LogP contribution in [0.2, 0.25) is 0 Å². The number of Topliss-reactive ketones (excluding diaryl/α,β-unsaturated/α-hetero) is 2. The van der Waals surface area contributed by atoms with Gasteiger partial charge in [-0.15, -0.1) is 0 Å². The summed E-state index contributed by atoms with van der Waals surface area (Å²) < 4.78 is 0. The first-order valence-corrected chi connectivity index (χ1v) is 12.4. The third-order valence-electron chi connectivity index (χ3n) is 8.29. The van der Waals surface area contributed by atoms with Gasteiger partial charge in [0.05, 0.1) is 17.3 Å². The van der Waals surface area contributed by atoms with E-state index < -0.39 is 58.0 Å². The van der Waals surface area contributed by atoms with Crippen LogP contribution in [0.5, 0.6) is 5.75 Å². The number of aliphatic hydroxyl groups is 3. The van der Waals surface area contributed by atoms with Gasteiger partial charge in [-0.25, -0.2) is 0 Å². The number of ketones is 2. The number of primary amides is 1. The fourth-order valence-corrected chi connectivity index (χ4v) is 6.52. The number of aromatic hydroxyl groups is 1. The van der Waals surface area contributed by atoms with Gasteiger partial charge in [-0.3, -0.25) is 19.3 Å². The van der Waals surface area contributed by atoms with Crippen molar-refractivity contribution in [3.05, 3.63) is 40.2 Å². The molecule has 2 fully saturated rings. The maximum absolute atomic E-state index is 13.9. The van der Waals surface area contributed by atoms with Crippen molar-refractivity contribution in [2.24, 2.45) is 17.6 Å². The van der Waals surface area contributed by atoms with Gasteiger partial charge < -0.3 is 36.8 Å². The van der Waals surface area contributed by atoms with Gasteiger partial charge in [-0.05, 0) is 70.4 Å². The molecule has 0 unspecified atom stereocenters. The second-order valence-corrected chi connectivity index (χ2v) is 10.6. The first-order valence-electron chi connectivity index (χ1n) is 12.4. The zero-order valence-corrected chi connectivity index (χ0v) is 20.7. The predicted molar refractivity (Wildman–Crippen MR) is 134 cm³/mol. The number of piperidine rings is 1. The Balaban J connectivity index is 1.62. The van der Waals surface area contributed by atoms with E-state index in [9.17, 15) is 34.8 Å². The second kappa shape index (κ2) is 8.86. The molecule has 4 aliphatic rings. The SMILES string of the molecule is CN(C)[C@H]1C(=O)C(C(N)=O)=C(O)[C@@]2(O)C(=O)C3=C(O)c4c(ccc(NC5CCNCC5)c4O)C[C@@H]3C[C@H]12. The second-order valence-electron chi connectivity index (χ2n) is 10.6. The van der Waals surface area contributed by atoms with Crippen LogP contribution >= 0.6 is 0 Å². The quantitative estimate of drug-likeness (QED) is 0.216. The van der Waals surface area contributed by atoms with Gasteiger partial charge in [0.1, 0.15) is 22.8 Å². The molecule has 8 N–H and O–H groups in total. The molecule has 0 spiro atoms. The molecule has 1 saturated heterocycles. The van der Waals surface area contributed by atoms with Crippen LogP contribution in [0, 0.1) is 11.8 Å². The minimum Gasteiger partial charge on any atom is -0.508 e. The van der Waals surface area contributed by atoms with E-state index in [1.807, 2.05) is 0 Å². The summed E-state index contributed by atoms with van der Waals surface area (Å²) >= 11 is 0. The minimum absolute atomic E-state index is 0.0710. The Morgan fingerprint density at radius 1 is 1.16 bits per heavy atom. The van der Waals surface area contributed by atoms with Crippen LogP contribution < -0.4 is 16.4 Å². The van der Waals surface area contributed by atoms with Crippen LogP contribution in [-0.4, -0.2) is 87.7 Å². The van der Waals surface area contributed by atoms with Gasteiger partial charge in [0, 0.05) is 17.5 Å². The Morgan fingerprint density at radius 2 is 1.84 bits per heavy atom. The number of fused-ring (bicyclic) bond motifs is 3. The molecule has 11 heteroatoms. The molecule has 5 rings (SSSR count). The Bertz CT molecular complexity index is 1260. The number of benzene rings is 1. The number of hydrogen-bond acceptors (Lipinski definition) is 10. The van der Waals surface area contributed by atoms with Crippen LogP contribution in [0.1, 0.15) is 30.4 Å². The number of phenols is 1. The summed E-state index contributed by atoms with van der Waals surface area (Å²) in [6.07, 6.45) is 2.06. The molecule has 198 valence electrons. The van der Waals surface area contributed by atoms with E-state index in [0.717, 1.165) is 25.9 Å². The molecule has 1 amide bonds. The molecule has 4 atom stereocenters. The summed E-state index contributed by atoms with van der Waals surface area (Å²) in [6, 6.07) is 2.57. The normalized spacial score (nSPS) is 30.2. The van der Waals surface area contributed by atoms with E-state index in [2.05, 4.69) is 10.6 Å². The summed E-state index contributed by atoms with van der Waals surface area (Å²) in [5.41, 5.74) is 2.88. The van der Waals surface area contributed by atoms with Gasteiger partial charge in [0.15, 0.2) is 11.4 Å². The fourth-order valence-electron chi connectivity index (χ4n) is 6.52. The van der Waals surface area contributed by atoms with Crippen LogP contribution in [0.25, 0.3) is 5.76 Å². The van der Waals surface area contributed by atoms with E-state index >= 15 is 0 Å². The smallest absolute Gasteiger partial charge is 0.255 e. The third-order valence-corrected chi connectivity index (χ3v) is 8.29. The lowest BCUT2D eigenvalue weighted by atomic mass is 9.57. The zero-order valence-electron chi connectivity index (χ0n) is 20.7. The third kappa shape index (κ3) is 3.64. The summed E-state index contributed by atoms with van der Waals surface area (Å²) in [5, 5.41) is 51.5. The highest BCUT2D eigenvalue weighted by molar-refractivity contribution is 6.24. The number of anilines is 1. The largest absolute Gasteiger partial charge is 0.508 e. The van der Waals surface area contributed by atoms with E-state index in [1.165, 1.54) is 4.90 Å². The van der Waals surface area contributed by atoms with Crippen LogP contribution in [0.4, 0.5) is 5.69 Å². The molecule has 11 nitrogen and oxygen atoms in total. The molecular formula is C26H32N4O7. The van der Waals surface area contributed by atoms with Crippen LogP contribution in [-0.2, 0) is 20.8 Å². The van der Waals surface area contributed by atoms with Crippen molar-refractivity contribution in [1.82, 2.24) is 10.2 Å². The van der Waals surface area contributed by atoms with E-state index in [-0.39, 0.29) is 35.8 Å². The zero-order chi connectivity index (χ0) is 26.8. The lowest BCUT2D eigenvalue weighted by Gasteiger charge is -2.50. The molecule has 1 aromatic rings. The van der Waals surface area contributed by atoms with E-state index in [4.69, 9.17) is 5.73 Å². The highest BCUT2D eigenvalue weighted by atomic mass is 16.3. The van der Waals surface area contributed by atoms with Crippen molar-refractivity contribution in [2.45, 2.75) is 43.4 Å². The summed E-state index contributed by atoms with van der Waals surface area (Å²) in [5.74, 6) is -6.47. The number of amides is 1. The Morgan fingerprint density at radius 3 is 2.46 bits per heavy atom. The number of phenolic OH excluding ortho intramolecular Hbond substituents is 1. The molecule has 0 aromatic heterocycles. The highest BCUT2D eigenvalue weighted by Crippen LogP contribution is 2.53. The van der Waals surface area contributed by atoms with Gasteiger partial charge in [0.2, 0.25) is 5.78 Å². The number of hydrogen-bond donors (Lipinski definition) is 7. The molecule has 0 radical (unpaired) electrons. The van der Waals surface area contributed by atoms with Crippen molar-refractivity contribution in [3.63, 3.8) is 0 Å². The maximum Gasteiger partial charge on any atom is 0.255 e. The number of nitrogens with zero attached hydrogens (tertiary/aromatic N) is 1. The molecule has 0 bridgehead atoms. The number of aliphatic hydroxyl groups excluding tert-OH is 2. The van der Waals surface area contributed by atoms with Crippen LogP contribution in [0.15, 0.2) is 29.0 Å². The number of nitrogens with two attached hydrogens (primary N) is 1. The average Bonchev–Trinajstić information content (AvgIpc) is 2.83. The Hall–Kier alpha value is -3.41. The number of nitrogens with one attached hydrogen (secondary N) is 2. The molecule has 37 heavy (non-hydrogen) atoms. The number of likely N-dealkylation sites (N-methyl/N-ethyl adjacent to an activating group) is 1. The van der Waals surface area contributed by atoms with Gasteiger partial charge >= 0.3 is 0 Å². The Kier molecular flexibility index (Phi) is 6.05. The van der Waals surface area contributed by atoms with E-state index in [1.54, 1.807) is 26.2 Å². The number of rotatable bonds is 4. The molecule has 1 saturated carbocycles. The monoisotopic (exact) mass is 512 g/mol. The van der Waals surface area contributed by atoms with Gasteiger partial charge in [0.25, 0.3) is 5.91 Å². The van der Waals surface area contributed by atoms with E-state index in [0.29, 0.717) is 11.3 Å². The number of carbonyl (C=O) groups is 3. The van der Waals surface area contributed by atoms with Crippen molar-refractivity contribution in [3.8, 4) is 5.75 Å². The van der Waals surface area contributed by atoms with Gasteiger partial charge in [-0.2, -0.15) is 0 Å². The summed E-state index contributed by atoms with van der Waals surface area (Å²) in [6.45, 7) is 1.69. The molecule has 3 aliphatic carbocycles. The number of carbonyl (C=O) groups excluding carboxylic acids is 3. The topological polar surface area (TPSA) is 185 Å². The molecule has 1 heterocycles. The first-order chi connectivity index (χ1) is 17.5. The minimum atomic E-state index is -2.63. The maximum atomic E-state index is 13.9. The lowest BCUT2D eigenvalue weighted by molar-refractivity contribution is -0.153. The standard InChI is InChI=1S/C26H32N4O7/c1-30(2)19-14-10-12-9-11-3-4-15(29-13-5-7-28-8-6-13)20(31)16(11)21(32)17(12)23(34)26(14,37)24(35)18(22(19)33)25(27)36/h3-4,12-14,19,28-29,31-32,35,37H,5-10H2,1-2H3,(H2,27,36)/t12-,14-,19-,26+/m1/s1. The first kappa shape index (κ1) is 25.2. The predicted octanol–water partition coefficient (Wildman–Crippen LogP) is 0.128.